The molecule has 0 fully saturated rings. The molecule has 1 aromatic rings. The third-order valence-corrected chi connectivity index (χ3v) is 2.71. The Labute approximate surface area is 115 Å². The minimum atomic E-state index is -0.0221. The van der Waals surface area contributed by atoms with Gasteiger partial charge in [0.15, 0.2) is 0 Å². The van der Waals surface area contributed by atoms with Gasteiger partial charge in [0.25, 0.3) is 0 Å². The predicted molar refractivity (Wildman–Crippen MR) is 76.9 cm³/mol. The van der Waals surface area contributed by atoms with E-state index < -0.39 is 0 Å². The Morgan fingerprint density at radius 1 is 1.37 bits per heavy atom. The molecule has 1 rings (SSSR count). The average Bonchev–Trinajstić information content (AvgIpc) is 2.44. The van der Waals surface area contributed by atoms with Crippen LogP contribution in [0.1, 0.15) is 12.5 Å². The summed E-state index contributed by atoms with van der Waals surface area (Å²) in [5.41, 5.74) is 1.06. The second-order valence-electron chi connectivity index (χ2n) is 4.20. The molecule has 0 aliphatic heterocycles. The molecule has 1 unspecified atom stereocenters. The van der Waals surface area contributed by atoms with E-state index in [1.165, 1.54) is 0 Å². The Kier molecular flexibility index (Phi) is 7.00. The highest BCUT2D eigenvalue weighted by Crippen LogP contribution is 2.25. The van der Waals surface area contributed by atoms with E-state index in [9.17, 15) is 0 Å². The van der Waals surface area contributed by atoms with Gasteiger partial charge in [-0.3, -0.25) is 0 Å². The minimum absolute atomic E-state index is 0.0221. The molecule has 0 bridgehead atoms. The van der Waals surface area contributed by atoms with Crippen molar-refractivity contribution in [3.63, 3.8) is 0 Å². The van der Waals surface area contributed by atoms with Gasteiger partial charge in [-0.25, -0.2) is 0 Å². The lowest BCUT2D eigenvalue weighted by Crippen LogP contribution is -2.19. The number of hydrogen-bond donors (Lipinski definition) is 1. The molecule has 0 spiro atoms. The summed E-state index contributed by atoms with van der Waals surface area (Å²) >= 11 is 0. The fourth-order valence-corrected chi connectivity index (χ4v) is 1.58. The van der Waals surface area contributed by atoms with Gasteiger partial charge in [0.2, 0.25) is 0 Å². The van der Waals surface area contributed by atoms with Crippen molar-refractivity contribution in [2.75, 3.05) is 27.4 Å². The normalized spacial score (nSPS) is 11.9. The smallest absolute Gasteiger partial charge is 0.124 e. The van der Waals surface area contributed by atoms with E-state index >= 15 is 0 Å². The maximum atomic E-state index is 5.81. The van der Waals surface area contributed by atoms with E-state index in [-0.39, 0.29) is 6.10 Å². The van der Waals surface area contributed by atoms with Crippen molar-refractivity contribution < 1.29 is 14.2 Å². The predicted octanol–water partition coefficient (Wildman–Crippen LogP) is 2.38. The molecule has 0 heterocycles. The SMILES string of the molecule is C=CC(C)Oc1ccc(OC)cc1CNCCOC. The third kappa shape index (κ3) is 5.32. The maximum absolute atomic E-state index is 5.81. The lowest BCUT2D eigenvalue weighted by molar-refractivity contribution is 0.199. The van der Waals surface area contributed by atoms with E-state index in [0.717, 1.165) is 23.6 Å². The van der Waals surface area contributed by atoms with Gasteiger partial charge in [0.05, 0.1) is 13.7 Å². The lowest BCUT2D eigenvalue weighted by Gasteiger charge is -2.16. The van der Waals surface area contributed by atoms with Crippen molar-refractivity contribution in [3.8, 4) is 11.5 Å². The Morgan fingerprint density at radius 3 is 2.79 bits per heavy atom. The highest BCUT2D eigenvalue weighted by atomic mass is 16.5. The highest BCUT2D eigenvalue weighted by molar-refractivity contribution is 5.40. The second-order valence-corrected chi connectivity index (χ2v) is 4.20. The molecule has 1 N–H and O–H groups in total. The molecular formula is C15H23NO3. The summed E-state index contributed by atoms with van der Waals surface area (Å²) in [5.74, 6) is 1.67. The summed E-state index contributed by atoms with van der Waals surface area (Å²) < 4.78 is 16.1. The first-order valence-corrected chi connectivity index (χ1v) is 6.37. The Bertz CT molecular complexity index is 393. The van der Waals surface area contributed by atoms with Crippen LogP contribution in [0, 0.1) is 0 Å². The van der Waals surface area contributed by atoms with Crippen LogP contribution in [-0.2, 0) is 11.3 Å². The van der Waals surface area contributed by atoms with E-state index in [1.807, 2.05) is 25.1 Å². The van der Waals surface area contributed by atoms with Crippen LogP contribution in [0.15, 0.2) is 30.9 Å². The van der Waals surface area contributed by atoms with E-state index in [4.69, 9.17) is 14.2 Å². The summed E-state index contributed by atoms with van der Waals surface area (Å²) in [4.78, 5) is 0. The number of hydrogen-bond acceptors (Lipinski definition) is 4. The number of benzene rings is 1. The molecular weight excluding hydrogens is 242 g/mol. The number of ether oxygens (including phenoxy) is 3. The van der Waals surface area contributed by atoms with Gasteiger partial charge in [0.1, 0.15) is 17.6 Å². The molecule has 0 radical (unpaired) electrons. The summed E-state index contributed by atoms with van der Waals surface area (Å²) in [6.07, 6.45) is 1.75. The second kappa shape index (κ2) is 8.56. The highest BCUT2D eigenvalue weighted by Gasteiger charge is 2.08. The van der Waals surface area contributed by atoms with Gasteiger partial charge in [-0.1, -0.05) is 12.7 Å². The van der Waals surface area contributed by atoms with Gasteiger partial charge in [0, 0.05) is 25.8 Å². The molecule has 1 aromatic carbocycles. The topological polar surface area (TPSA) is 39.7 Å². The maximum Gasteiger partial charge on any atom is 0.124 e. The Morgan fingerprint density at radius 2 is 2.16 bits per heavy atom. The van der Waals surface area contributed by atoms with Crippen molar-refractivity contribution in [1.29, 1.82) is 0 Å². The standard InChI is InChI=1S/C15H23NO3/c1-5-12(2)19-15-7-6-14(18-4)10-13(15)11-16-8-9-17-3/h5-7,10,12,16H,1,8-9,11H2,2-4H3. The molecule has 0 aliphatic carbocycles. The molecule has 0 saturated heterocycles. The average molecular weight is 265 g/mol. The molecule has 0 aromatic heterocycles. The first-order valence-electron chi connectivity index (χ1n) is 6.37. The van der Waals surface area contributed by atoms with Crippen LogP contribution < -0.4 is 14.8 Å². The molecule has 0 amide bonds. The molecule has 0 saturated carbocycles. The van der Waals surface area contributed by atoms with Crippen molar-refractivity contribution >= 4 is 0 Å². The zero-order valence-corrected chi connectivity index (χ0v) is 11.9. The lowest BCUT2D eigenvalue weighted by atomic mass is 10.2. The molecule has 1 atom stereocenters. The summed E-state index contributed by atoms with van der Waals surface area (Å²) in [5, 5.41) is 3.30. The largest absolute Gasteiger partial charge is 0.497 e. The number of methoxy groups -OCH3 is 2. The zero-order chi connectivity index (χ0) is 14.1. The summed E-state index contributed by atoms with van der Waals surface area (Å²) in [7, 11) is 3.35. The van der Waals surface area contributed by atoms with Gasteiger partial charge < -0.3 is 19.5 Å². The first kappa shape index (κ1) is 15.5. The molecule has 106 valence electrons. The summed E-state index contributed by atoms with van der Waals surface area (Å²) in [6, 6.07) is 5.79. The third-order valence-electron chi connectivity index (χ3n) is 2.71. The van der Waals surface area contributed by atoms with Crippen LogP contribution in [0.5, 0.6) is 11.5 Å². The van der Waals surface area contributed by atoms with Gasteiger partial charge >= 0.3 is 0 Å². The van der Waals surface area contributed by atoms with E-state index in [1.54, 1.807) is 20.3 Å². The van der Waals surface area contributed by atoms with Crippen molar-refractivity contribution in [2.45, 2.75) is 19.6 Å². The molecule has 19 heavy (non-hydrogen) atoms. The quantitative estimate of drug-likeness (QED) is 0.550. The van der Waals surface area contributed by atoms with Gasteiger partial charge in [-0.05, 0) is 25.1 Å². The van der Waals surface area contributed by atoms with Crippen molar-refractivity contribution in [1.82, 2.24) is 5.32 Å². The monoisotopic (exact) mass is 265 g/mol. The van der Waals surface area contributed by atoms with Crippen LogP contribution in [0.2, 0.25) is 0 Å². The summed E-state index contributed by atoms with van der Waals surface area (Å²) in [6.45, 7) is 7.87. The van der Waals surface area contributed by atoms with Crippen LogP contribution in [-0.4, -0.2) is 33.5 Å². The molecule has 4 heteroatoms. The van der Waals surface area contributed by atoms with Crippen LogP contribution >= 0.6 is 0 Å². The van der Waals surface area contributed by atoms with E-state index in [0.29, 0.717) is 13.2 Å². The van der Waals surface area contributed by atoms with Crippen LogP contribution in [0.4, 0.5) is 0 Å². The van der Waals surface area contributed by atoms with E-state index in [2.05, 4.69) is 11.9 Å². The fraction of sp³-hybridized carbons (Fsp3) is 0.467. The van der Waals surface area contributed by atoms with Crippen molar-refractivity contribution in [3.05, 3.63) is 36.4 Å². The fourth-order valence-electron chi connectivity index (χ4n) is 1.58. The van der Waals surface area contributed by atoms with Gasteiger partial charge in [-0.2, -0.15) is 0 Å². The van der Waals surface area contributed by atoms with Crippen LogP contribution in [0.3, 0.4) is 0 Å². The Balaban J connectivity index is 2.74. The molecule has 4 nitrogen and oxygen atoms in total. The first-order chi connectivity index (χ1) is 9.21. The number of nitrogens with one attached hydrogen (secondary N) is 1. The zero-order valence-electron chi connectivity index (χ0n) is 11.9. The molecule has 0 aliphatic rings. The minimum Gasteiger partial charge on any atom is -0.497 e. The van der Waals surface area contributed by atoms with Crippen LogP contribution in [0.25, 0.3) is 0 Å². The number of rotatable bonds is 9. The van der Waals surface area contributed by atoms with Crippen molar-refractivity contribution in [2.24, 2.45) is 0 Å². The Hall–Kier alpha value is -1.52. The van der Waals surface area contributed by atoms with Gasteiger partial charge in [-0.15, -0.1) is 0 Å².